The second kappa shape index (κ2) is 36.7. The lowest BCUT2D eigenvalue weighted by Gasteiger charge is -2.41. The Morgan fingerprint density at radius 3 is 1.53 bits per heavy atom. The number of esters is 1. The highest BCUT2D eigenvalue weighted by molar-refractivity contribution is 7.47. The topological polar surface area (TPSA) is 192 Å². The molecule has 6 unspecified atom stereocenters. The fourth-order valence-corrected chi connectivity index (χ4v) is 7.49. The summed E-state index contributed by atoms with van der Waals surface area (Å²) < 4.78 is 34.1. The fourth-order valence-electron chi connectivity index (χ4n) is 6.52. The van der Waals surface area contributed by atoms with Crippen LogP contribution in [-0.2, 0) is 27.9 Å². The molecule has 0 aliphatic heterocycles. The van der Waals surface area contributed by atoms with E-state index < -0.39 is 63.1 Å². The van der Waals surface area contributed by atoms with Gasteiger partial charge in [0.15, 0.2) is 0 Å². The van der Waals surface area contributed by atoms with Gasteiger partial charge in [-0.2, -0.15) is 0 Å². The summed E-state index contributed by atoms with van der Waals surface area (Å²) in [5.74, 6) is -0.496. The van der Waals surface area contributed by atoms with Gasteiger partial charge in [0.05, 0.1) is 13.2 Å². The van der Waals surface area contributed by atoms with Crippen LogP contribution in [0, 0.1) is 0 Å². The number of ether oxygens (including phenoxy) is 2. The van der Waals surface area contributed by atoms with Gasteiger partial charge in [-0.3, -0.25) is 13.8 Å². The van der Waals surface area contributed by atoms with Crippen molar-refractivity contribution < 1.29 is 58.3 Å². The highest BCUT2D eigenvalue weighted by atomic mass is 31.2. The molecular weight excluding hydrogens is 775 g/mol. The summed E-state index contributed by atoms with van der Waals surface area (Å²) in [7, 11) is -5.03. The van der Waals surface area contributed by atoms with E-state index >= 15 is 0 Å². The summed E-state index contributed by atoms with van der Waals surface area (Å²) in [5.41, 5.74) is 0. The third-order valence-corrected chi connectivity index (χ3v) is 11.1. The maximum absolute atomic E-state index is 12.8. The molecule has 0 aromatic carbocycles. The highest BCUT2D eigenvalue weighted by Gasteiger charge is 2.51. The van der Waals surface area contributed by atoms with E-state index in [1.807, 2.05) is 0 Å². The van der Waals surface area contributed by atoms with Gasteiger partial charge in [-0.15, -0.1) is 0 Å². The van der Waals surface area contributed by atoms with Crippen molar-refractivity contribution in [2.45, 2.75) is 204 Å². The molecule has 1 saturated carbocycles. The van der Waals surface area contributed by atoms with Crippen molar-refractivity contribution in [3.63, 3.8) is 0 Å². The molecule has 0 spiro atoms. The van der Waals surface area contributed by atoms with Crippen LogP contribution in [0.3, 0.4) is 0 Å². The molecule has 0 aromatic rings. The van der Waals surface area contributed by atoms with Crippen molar-refractivity contribution >= 4 is 13.8 Å². The number of phosphoric acid groups is 1. The Bertz CT molecular complexity index is 1200. The summed E-state index contributed by atoms with van der Waals surface area (Å²) in [6, 6.07) is 0. The molecule has 0 radical (unpaired) electrons. The fraction of sp³-hybridized carbons (Fsp3) is 0.761. The Hall–Kier alpha value is -1.96. The van der Waals surface area contributed by atoms with Crippen LogP contribution < -0.4 is 0 Å². The number of allylic oxidation sites excluding steroid dienone is 10. The number of aliphatic hydroxyl groups is 5. The van der Waals surface area contributed by atoms with Crippen molar-refractivity contribution in [1.29, 1.82) is 0 Å². The number of unbranched alkanes of at least 4 members (excludes halogenated alkanes) is 15. The molecule has 342 valence electrons. The number of hydrogen-bond donors (Lipinski definition) is 6. The normalized spacial score (nSPS) is 23.1. The number of phosphoric ester groups is 1. The summed E-state index contributed by atoms with van der Waals surface area (Å²) >= 11 is 0. The molecule has 0 bridgehead atoms. The Labute approximate surface area is 356 Å². The van der Waals surface area contributed by atoms with Crippen molar-refractivity contribution in [2.24, 2.45) is 0 Å². The quantitative estimate of drug-likeness (QED) is 0.0151. The first-order valence-electron chi connectivity index (χ1n) is 22.6. The van der Waals surface area contributed by atoms with Crippen LogP contribution >= 0.6 is 7.82 Å². The highest BCUT2D eigenvalue weighted by Crippen LogP contribution is 2.47. The third-order valence-electron chi connectivity index (χ3n) is 10.1. The van der Waals surface area contributed by atoms with Crippen molar-refractivity contribution in [1.82, 2.24) is 0 Å². The van der Waals surface area contributed by atoms with Crippen LogP contribution in [0.25, 0.3) is 0 Å². The molecule has 1 fully saturated rings. The molecule has 12 nitrogen and oxygen atoms in total. The summed E-state index contributed by atoms with van der Waals surface area (Å²) in [5, 5.41) is 50.1. The zero-order chi connectivity index (χ0) is 43.4. The van der Waals surface area contributed by atoms with E-state index in [4.69, 9.17) is 18.5 Å². The molecule has 6 atom stereocenters. The minimum Gasteiger partial charge on any atom is -0.457 e. The first kappa shape index (κ1) is 55.1. The number of carbonyl (C=O) groups is 1. The van der Waals surface area contributed by atoms with Gasteiger partial charge in [-0.1, -0.05) is 139 Å². The number of carbonyl (C=O) groups excluding carboxylic acids is 1. The second-order valence-corrected chi connectivity index (χ2v) is 16.9. The van der Waals surface area contributed by atoms with Crippen LogP contribution in [0.1, 0.15) is 162 Å². The molecule has 0 amide bonds. The van der Waals surface area contributed by atoms with E-state index in [0.717, 1.165) is 89.9 Å². The number of hydrogen-bond acceptors (Lipinski definition) is 11. The average Bonchev–Trinajstić information content (AvgIpc) is 3.22. The van der Waals surface area contributed by atoms with Gasteiger partial charge in [0.2, 0.25) is 0 Å². The SMILES string of the molecule is CC/C=C\C/C=C\C/C=C\CCCCCCOCC(COP(=O)(O)OC1C(O)C(O)C(O)C(O)C1O)OC(=O)CCCCCCCCC/C=C\C/C=C\CCCCCC. The van der Waals surface area contributed by atoms with Crippen LogP contribution in [-0.4, -0.2) is 98.9 Å². The third kappa shape index (κ3) is 29.1. The van der Waals surface area contributed by atoms with Crippen molar-refractivity contribution in [3.05, 3.63) is 60.8 Å². The smallest absolute Gasteiger partial charge is 0.457 e. The van der Waals surface area contributed by atoms with Gasteiger partial charge < -0.3 is 39.9 Å². The van der Waals surface area contributed by atoms with E-state index in [1.165, 1.54) is 44.9 Å². The predicted octanol–water partition coefficient (Wildman–Crippen LogP) is 9.03. The van der Waals surface area contributed by atoms with E-state index in [0.29, 0.717) is 13.0 Å². The molecule has 59 heavy (non-hydrogen) atoms. The summed E-state index contributed by atoms with van der Waals surface area (Å²) in [4.78, 5) is 23.1. The molecule has 0 saturated heterocycles. The second-order valence-electron chi connectivity index (χ2n) is 15.5. The average molecular weight is 857 g/mol. The molecule has 1 rings (SSSR count). The van der Waals surface area contributed by atoms with E-state index in [9.17, 15) is 39.8 Å². The minimum atomic E-state index is -5.03. The van der Waals surface area contributed by atoms with Crippen LogP contribution in [0.5, 0.6) is 0 Å². The number of rotatable bonds is 37. The lowest BCUT2D eigenvalue weighted by molar-refractivity contribution is -0.220. The van der Waals surface area contributed by atoms with E-state index in [-0.39, 0.29) is 13.0 Å². The Kier molecular flexibility index (Phi) is 34.2. The zero-order valence-electron chi connectivity index (χ0n) is 36.3. The Morgan fingerprint density at radius 1 is 0.559 bits per heavy atom. The van der Waals surface area contributed by atoms with Gasteiger partial charge in [-0.05, 0) is 77.0 Å². The Balaban J connectivity index is 2.43. The predicted molar refractivity (Wildman–Crippen MR) is 235 cm³/mol. The van der Waals surface area contributed by atoms with E-state index in [2.05, 4.69) is 74.6 Å². The van der Waals surface area contributed by atoms with Gasteiger partial charge in [-0.25, -0.2) is 4.57 Å². The molecule has 0 aromatic heterocycles. The largest absolute Gasteiger partial charge is 0.472 e. The van der Waals surface area contributed by atoms with Gasteiger partial charge in [0, 0.05) is 13.0 Å². The van der Waals surface area contributed by atoms with Crippen LogP contribution in [0.15, 0.2) is 60.8 Å². The van der Waals surface area contributed by atoms with Crippen molar-refractivity contribution in [3.8, 4) is 0 Å². The van der Waals surface area contributed by atoms with Crippen molar-refractivity contribution in [2.75, 3.05) is 19.8 Å². The maximum Gasteiger partial charge on any atom is 0.472 e. The molecule has 1 aliphatic rings. The zero-order valence-corrected chi connectivity index (χ0v) is 37.2. The lowest BCUT2D eigenvalue weighted by atomic mass is 9.85. The molecule has 6 N–H and O–H groups in total. The van der Waals surface area contributed by atoms with Gasteiger partial charge in [0.25, 0.3) is 0 Å². The lowest BCUT2D eigenvalue weighted by Crippen LogP contribution is -2.64. The Morgan fingerprint density at radius 2 is 1.00 bits per heavy atom. The molecule has 13 heteroatoms. The van der Waals surface area contributed by atoms with Crippen LogP contribution in [0.4, 0.5) is 0 Å². The minimum absolute atomic E-state index is 0.0977. The van der Waals surface area contributed by atoms with E-state index in [1.54, 1.807) is 0 Å². The molecular formula is C46H81O12P. The first-order chi connectivity index (χ1) is 28.5. The molecule has 1 aliphatic carbocycles. The monoisotopic (exact) mass is 857 g/mol. The molecule has 0 heterocycles. The van der Waals surface area contributed by atoms with Gasteiger partial charge >= 0.3 is 13.8 Å². The maximum atomic E-state index is 12.8. The first-order valence-corrected chi connectivity index (χ1v) is 24.1. The summed E-state index contributed by atoms with van der Waals surface area (Å²) in [6.07, 6.45) is 32.9. The van der Waals surface area contributed by atoms with Gasteiger partial charge in [0.1, 0.15) is 42.7 Å². The standard InChI is InChI=1S/C46H81O12P/c1-3-5-7-9-11-13-15-17-19-20-21-22-23-25-27-29-31-33-35-40(47)57-39(37-55-36-34-32-30-28-26-24-18-16-14-12-10-8-6-4-2)38-56-59(53,54)58-46-44(51)42(49)41(48)43(50)45(46)52/h6,8,12-15,18-20,24,39,41-46,48-52H,3-5,7,9-11,16-17,21-23,25-38H2,1-2H3,(H,53,54)/b8-6-,14-12-,15-13-,20-19-,24-18-. The van der Waals surface area contributed by atoms with Crippen LogP contribution in [0.2, 0.25) is 0 Å². The number of aliphatic hydroxyl groups excluding tert-OH is 5. The summed E-state index contributed by atoms with van der Waals surface area (Å²) in [6.45, 7) is 4.06.